The summed E-state index contributed by atoms with van der Waals surface area (Å²) >= 11 is 0. The Morgan fingerprint density at radius 1 is 1.00 bits per heavy atom. The molecule has 3 saturated heterocycles. The number of unbranched alkanes of at least 4 members (excludes halogenated alkanes) is 1. The van der Waals surface area contributed by atoms with E-state index < -0.39 is 0 Å². The van der Waals surface area contributed by atoms with Crippen LogP contribution in [0.25, 0.3) is 0 Å². The van der Waals surface area contributed by atoms with Gasteiger partial charge in [0.2, 0.25) is 0 Å². The Morgan fingerprint density at radius 3 is 2.30 bits per heavy atom. The second-order valence-corrected chi connectivity index (χ2v) is 11.0. The smallest absolute Gasteiger partial charge is 0.410 e. The van der Waals surface area contributed by atoms with E-state index in [4.69, 9.17) is 9.47 Å². The number of esters is 1. The zero-order valence-electron chi connectivity index (χ0n) is 21.4. The Bertz CT molecular complexity index is 622. The van der Waals surface area contributed by atoms with Crippen LogP contribution >= 0.6 is 0 Å². The maximum atomic E-state index is 12.3. The molecule has 0 saturated carbocycles. The predicted octanol–water partition coefficient (Wildman–Crippen LogP) is 2.67. The van der Waals surface area contributed by atoms with Crippen molar-refractivity contribution in [3.63, 3.8) is 0 Å². The number of amides is 1. The molecule has 0 aromatic carbocycles. The fourth-order valence-electron chi connectivity index (χ4n) is 5.32. The molecule has 0 N–H and O–H groups in total. The highest BCUT2D eigenvalue weighted by molar-refractivity contribution is 5.70. The Kier molecular flexibility index (Phi) is 9.82. The third-order valence-corrected chi connectivity index (χ3v) is 7.59. The van der Waals surface area contributed by atoms with E-state index >= 15 is 0 Å². The van der Waals surface area contributed by atoms with Crippen molar-refractivity contribution in [3.05, 3.63) is 0 Å². The summed E-state index contributed by atoms with van der Waals surface area (Å²) in [4.78, 5) is 32.8. The molecule has 0 radical (unpaired) electrons. The van der Waals surface area contributed by atoms with E-state index in [-0.39, 0.29) is 23.7 Å². The number of piperazine rings is 1. The van der Waals surface area contributed by atoms with Gasteiger partial charge in [0, 0.05) is 51.4 Å². The lowest BCUT2D eigenvalue weighted by Gasteiger charge is -2.41. The molecule has 0 bridgehead atoms. The van der Waals surface area contributed by atoms with Gasteiger partial charge in [0.15, 0.2) is 0 Å². The minimum Gasteiger partial charge on any atom is -0.469 e. The van der Waals surface area contributed by atoms with Gasteiger partial charge >= 0.3 is 12.1 Å². The first kappa shape index (κ1) is 26.2. The number of carbonyl (C=O) groups is 2. The van der Waals surface area contributed by atoms with Crippen LogP contribution in [0, 0.1) is 5.92 Å². The molecule has 3 fully saturated rings. The SMILES string of the molecule is COC(=O)CCN1CCN(CC2CN(CCCCC3CCN(C(C)(C)C)CC3)C(=O)O2)CC1. The number of hydrogen-bond donors (Lipinski definition) is 0. The van der Waals surface area contributed by atoms with Crippen LogP contribution in [0.15, 0.2) is 0 Å². The fourth-order valence-corrected chi connectivity index (χ4v) is 5.32. The minimum absolute atomic E-state index is 0.0270. The summed E-state index contributed by atoms with van der Waals surface area (Å²) in [7, 11) is 1.43. The average Bonchev–Trinajstić information content (AvgIpc) is 3.14. The van der Waals surface area contributed by atoms with E-state index in [9.17, 15) is 9.59 Å². The molecule has 0 aromatic rings. The molecule has 3 aliphatic rings. The van der Waals surface area contributed by atoms with Gasteiger partial charge in [0.1, 0.15) is 6.10 Å². The first-order valence-electron chi connectivity index (χ1n) is 13.0. The quantitative estimate of drug-likeness (QED) is 0.362. The molecule has 1 atom stereocenters. The van der Waals surface area contributed by atoms with Gasteiger partial charge in [-0.2, -0.15) is 0 Å². The lowest BCUT2D eigenvalue weighted by molar-refractivity contribution is -0.141. The summed E-state index contributed by atoms with van der Waals surface area (Å²) in [6.07, 6.45) is 6.44. The summed E-state index contributed by atoms with van der Waals surface area (Å²) < 4.78 is 10.4. The lowest BCUT2D eigenvalue weighted by Crippen LogP contribution is -2.49. The molecule has 3 aliphatic heterocycles. The zero-order chi connectivity index (χ0) is 23.8. The Morgan fingerprint density at radius 2 is 1.67 bits per heavy atom. The van der Waals surface area contributed by atoms with Crippen molar-refractivity contribution in [2.24, 2.45) is 5.92 Å². The molecular weight excluding hydrogens is 420 g/mol. The lowest BCUT2D eigenvalue weighted by atomic mass is 9.89. The number of methoxy groups -OCH3 is 1. The molecular formula is C25H46N4O4. The molecule has 0 aromatic heterocycles. The van der Waals surface area contributed by atoms with Gasteiger partial charge in [0.25, 0.3) is 0 Å². The highest BCUT2D eigenvalue weighted by Crippen LogP contribution is 2.27. The highest BCUT2D eigenvalue weighted by Gasteiger charge is 2.33. The standard InChI is InChI=1S/C25H46N4O4/c1-25(2,3)29-13-8-21(9-14-29)7-5-6-11-28-20-22(33-24(28)31)19-27-17-15-26(16-18-27)12-10-23(30)32-4/h21-22H,5-20H2,1-4H3. The fraction of sp³-hybridized carbons (Fsp3) is 0.920. The second kappa shape index (κ2) is 12.4. The number of hydrogen-bond acceptors (Lipinski definition) is 7. The summed E-state index contributed by atoms with van der Waals surface area (Å²) in [5.41, 5.74) is 0.287. The number of piperidine rings is 1. The van der Waals surface area contributed by atoms with Crippen LogP contribution in [0.5, 0.6) is 0 Å². The van der Waals surface area contributed by atoms with Gasteiger partial charge in [0.05, 0.1) is 20.1 Å². The van der Waals surface area contributed by atoms with Gasteiger partial charge in [-0.1, -0.05) is 12.8 Å². The van der Waals surface area contributed by atoms with E-state index in [0.29, 0.717) is 13.0 Å². The first-order chi connectivity index (χ1) is 15.7. The van der Waals surface area contributed by atoms with Crippen molar-refractivity contribution in [1.29, 1.82) is 0 Å². The molecule has 190 valence electrons. The maximum absolute atomic E-state index is 12.3. The van der Waals surface area contributed by atoms with Crippen molar-refractivity contribution >= 4 is 12.1 Å². The molecule has 3 rings (SSSR count). The third kappa shape index (κ3) is 8.41. The summed E-state index contributed by atoms with van der Waals surface area (Å²) in [5, 5.41) is 0. The molecule has 8 nitrogen and oxygen atoms in total. The van der Waals surface area contributed by atoms with E-state index in [0.717, 1.165) is 58.2 Å². The molecule has 3 heterocycles. The number of cyclic esters (lactones) is 1. The number of nitrogens with zero attached hydrogens (tertiary/aromatic N) is 4. The van der Waals surface area contributed by atoms with Crippen LogP contribution in [-0.4, -0.2) is 116 Å². The van der Waals surface area contributed by atoms with Crippen LogP contribution in [0.4, 0.5) is 4.79 Å². The number of rotatable bonds is 10. The van der Waals surface area contributed by atoms with Gasteiger partial charge in [-0.05, 0) is 59.0 Å². The summed E-state index contributed by atoms with van der Waals surface area (Å²) in [5.74, 6) is 0.689. The van der Waals surface area contributed by atoms with Crippen LogP contribution in [0.1, 0.15) is 59.3 Å². The summed E-state index contributed by atoms with van der Waals surface area (Å²) in [6.45, 7) is 16.2. The van der Waals surface area contributed by atoms with Gasteiger partial charge in [-0.25, -0.2) is 4.79 Å². The van der Waals surface area contributed by atoms with E-state index in [1.165, 1.54) is 45.9 Å². The molecule has 8 heteroatoms. The van der Waals surface area contributed by atoms with Crippen molar-refractivity contribution < 1.29 is 19.1 Å². The highest BCUT2D eigenvalue weighted by atomic mass is 16.6. The third-order valence-electron chi connectivity index (χ3n) is 7.59. The predicted molar refractivity (Wildman–Crippen MR) is 129 cm³/mol. The van der Waals surface area contributed by atoms with Crippen LogP contribution < -0.4 is 0 Å². The summed E-state index contributed by atoms with van der Waals surface area (Å²) in [6, 6.07) is 0. The van der Waals surface area contributed by atoms with E-state index in [2.05, 4.69) is 35.5 Å². The average molecular weight is 467 g/mol. The van der Waals surface area contributed by atoms with Crippen LogP contribution in [-0.2, 0) is 14.3 Å². The monoisotopic (exact) mass is 466 g/mol. The largest absolute Gasteiger partial charge is 0.469 e. The Balaban J connectivity index is 1.26. The first-order valence-corrected chi connectivity index (χ1v) is 13.0. The maximum Gasteiger partial charge on any atom is 0.410 e. The number of ether oxygens (including phenoxy) is 2. The van der Waals surface area contributed by atoms with Crippen molar-refractivity contribution in [2.75, 3.05) is 72.6 Å². The number of carbonyl (C=O) groups excluding carboxylic acids is 2. The molecule has 33 heavy (non-hydrogen) atoms. The van der Waals surface area contributed by atoms with Crippen molar-refractivity contribution in [3.8, 4) is 0 Å². The topological polar surface area (TPSA) is 65.6 Å². The Hall–Kier alpha value is -1.38. The second-order valence-electron chi connectivity index (χ2n) is 11.0. The molecule has 0 spiro atoms. The molecule has 1 amide bonds. The van der Waals surface area contributed by atoms with E-state index in [1.807, 2.05) is 4.90 Å². The van der Waals surface area contributed by atoms with E-state index in [1.54, 1.807) is 0 Å². The molecule has 1 unspecified atom stereocenters. The van der Waals surface area contributed by atoms with Crippen molar-refractivity contribution in [2.45, 2.75) is 70.9 Å². The van der Waals surface area contributed by atoms with Crippen molar-refractivity contribution in [1.82, 2.24) is 19.6 Å². The van der Waals surface area contributed by atoms with Gasteiger partial charge in [-0.15, -0.1) is 0 Å². The normalized spacial score (nSPS) is 24.3. The zero-order valence-corrected chi connectivity index (χ0v) is 21.4. The minimum atomic E-state index is -0.152. The Labute approximate surface area is 200 Å². The molecule has 0 aliphatic carbocycles. The van der Waals surface area contributed by atoms with Gasteiger partial charge in [-0.3, -0.25) is 14.6 Å². The van der Waals surface area contributed by atoms with Crippen LogP contribution in [0.2, 0.25) is 0 Å². The van der Waals surface area contributed by atoms with Gasteiger partial charge < -0.3 is 19.3 Å². The number of likely N-dealkylation sites (tertiary alicyclic amines) is 1. The van der Waals surface area contributed by atoms with Crippen LogP contribution in [0.3, 0.4) is 0 Å².